The molecule has 6 nitrogen and oxygen atoms in total. The molecule has 0 bridgehead atoms. The number of carboxylic acid groups (broad SMARTS) is 1. The van der Waals surface area contributed by atoms with Crippen molar-refractivity contribution in [2.45, 2.75) is 26.5 Å². The van der Waals surface area contributed by atoms with E-state index in [0.29, 0.717) is 17.9 Å². The molecule has 2 rings (SSSR count). The molecular weight excluding hydrogens is 246 g/mol. The Kier molecular flexibility index (Phi) is 4.12. The minimum Gasteiger partial charge on any atom is -0.486 e. The number of nitrogens with zero attached hydrogens (tertiary/aromatic N) is 3. The van der Waals surface area contributed by atoms with Gasteiger partial charge in [-0.05, 0) is 24.6 Å². The summed E-state index contributed by atoms with van der Waals surface area (Å²) in [5.41, 5.74) is 0.710. The monoisotopic (exact) mass is 261 g/mol. The number of aromatic nitrogens is 3. The summed E-state index contributed by atoms with van der Waals surface area (Å²) in [7, 11) is 0. The number of benzene rings is 1. The Morgan fingerprint density at radius 1 is 1.47 bits per heavy atom. The SMILES string of the molecule is CCn1ncnc1COc1cccc(CC(=O)O)c1. The molecule has 0 aliphatic heterocycles. The standard InChI is InChI=1S/C13H15N3O3/c1-2-16-12(14-9-15-16)8-19-11-5-3-4-10(6-11)7-13(17)18/h3-6,9H,2,7-8H2,1H3,(H,17,18). The van der Waals surface area contributed by atoms with Crippen LogP contribution in [0, 0.1) is 0 Å². The van der Waals surface area contributed by atoms with E-state index in [2.05, 4.69) is 10.1 Å². The lowest BCUT2D eigenvalue weighted by Crippen LogP contribution is -2.07. The fourth-order valence-electron chi connectivity index (χ4n) is 1.73. The zero-order chi connectivity index (χ0) is 13.7. The minimum atomic E-state index is -0.858. The second-order valence-electron chi connectivity index (χ2n) is 4.00. The summed E-state index contributed by atoms with van der Waals surface area (Å²) >= 11 is 0. The van der Waals surface area contributed by atoms with Crippen LogP contribution in [-0.2, 0) is 24.4 Å². The average molecular weight is 261 g/mol. The number of carbonyl (C=O) groups is 1. The van der Waals surface area contributed by atoms with Crippen LogP contribution in [0.25, 0.3) is 0 Å². The van der Waals surface area contributed by atoms with Crippen LogP contribution < -0.4 is 4.74 Å². The molecule has 2 aromatic rings. The molecule has 0 fully saturated rings. The summed E-state index contributed by atoms with van der Waals surface area (Å²) in [6, 6.07) is 7.05. The van der Waals surface area contributed by atoms with Gasteiger partial charge in [0, 0.05) is 6.54 Å². The van der Waals surface area contributed by atoms with Gasteiger partial charge in [0.05, 0.1) is 6.42 Å². The summed E-state index contributed by atoms with van der Waals surface area (Å²) in [5, 5.41) is 12.8. The Hall–Kier alpha value is -2.37. The molecule has 0 spiro atoms. The zero-order valence-corrected chi connectivity index (χ0v) is 10.6. The molecule has 1 aromatic carbocycles. The molecule has 0 aliphatic rings. The van der Waals surface area contributed by atoms with Gasteiger partial charge < -0.3 is 9.84 Å². The number of aryl methyl sites for hydroxylation is 1. The first-order chi connectivity index (χ1) is 9.19. The van der Waals surface area contributed by atoms with Gasteiger partial charge in [0.15, 0.2) is 5.82 Å². The van der Waals surface area contributed by atoms with Crippen molar-refractivity contribution < 1.29 is 14.6 Å². The maximum atomic E-state index is 10.6. The van der Waals surface area contributed by atoms with Gasteiger partial charge in [-0.1, -0.05) is 12.1 Å². The van der Waals surface area contributed by atoms with Gasteiger partial charge in [-0.25, -0.2) is 9.67 Å². The summed E-state index contributed by atoms with van der Waals surface area (Å²) in [5.74, 6) is 0.512. The largest absolute Gasteiger partial charge is 0.486 e. The van der Waals surface area contributed by atoms with E-state index in [9.17, 15) is 4.79 Å². The maximum absolute atomic E-state index is 10.6. The second kappa shape index (κ2) is 5.99. The number of hydrogen-bond acceptors (Lipinski definition) is 4. The van der Waals surface area contributed by atoms with Crippen LogP contribution in [0.1, 0.15) is 18.3 Å². The van der Waals surface area contributed by atoms with Gasteiger partial charge in [0.1, 0.15) is 18.7 Å². The Morgan fingerprint density at radius 3 is 3.05 bits per heavy atom. The van der Waals surface area contributed by atoms with Crippen LogP contribution in [-0.4, -0.2) is 25.8 Å². The molecule has 1 aromatic heterocycles. The zero-order valence-electron chi connectivity index (χ0n) is 10.6. The van der Waals surface area contributed by atoms with Crippen molar-refractivity contribution in [3.05, 3.63) is 42.0 Å². The van der Waals surface area contributed by atoms with E-state index in [1.807, 2.05) is 6.92 Å². The third kappa shape index (κ3) is 3.54. The van der Waals surface area contributed by atoms with E-state index >= 15 is 0 Å². The molecule has 0 saturated heterocycles. The van der Waals surface area contributed by atoms with Crippen LogP contribution in [0.3, 0.4) is 0 Å². The predicted octanol–water partition coefficient (Wildman–Crippen LogP) is 1.50. The van der Waals surface area contributed by atoms with Crippen LogP contribution in [0.5, 0.6) is 5.75 Å². The number of ether oxygens (including phenoxy) is 1. The predicted molar refractivity (Wildman–Crippen MR) is 67.8 cm³/mol. The van der Waals surface area contributed by atoms with Gasteiger partial charge in [-0.2, -0.15) is 5.10 Å². The van der Waals surface area contributed by atoms with Crippen LogP contribution in [0.4, 0.5) is 0 Å². The lowest BCUT2D eigenvalue weighted by molar-refractivity contribution is -0.136. The molecule has 1 N–H and O–H groups in total. The van der Waals surface area contributed by atoms with Crippen molar-refractivity contribution in [1.29, 1.82) is 0 Å². The van der Waals surface area contributed by atoms with E-state index in [1.165, 1.54) is 6.33 Å². The molecule has 0 saturated carbocycles. The van der Waals surface area contributed by atoms with E-state index in [0.717, 1.165) is 12.4 Å². The number of hydrogen-bond donors (Lipinski definition) is 1. The van der Waals surface area contributed by atoms with Crippen molar-refractivity contribution in [2.24, 2.45) is 0 Å². The third-order valence-corrected chi connectivity index (χ3v) is 2.62. The Balaban J connectivity index is 2.01. The molecule has 0 unspecified atom stereocenters. The molecule has 19 heavy (non-hydrogen) atoms. The fraction of sp³-hybridized carbons (Fsp3) is 0.308. The van der Waals surface area contributed by atoms with Crippen molar-refractivity contribution in [1.82, 2.24) is 14.8 Å². The highest BCUT2D eigenvalue weighted by Crippen LogP contribution is 2.15. The molecule has 100 valence electrons. The lowest BCUT2D eigenvalue weighted by Gasteiger charge is -2.07. The van der Waals surface area contributed by atoms with Gasteiger partial charge >= 0.3 is 5.97 Å². The van der Waals surface area contributed by atoms with Crippen molar-refractivity contribution in [3.63, 3.8) is 0 Å². The highest BCUT2D eigenvalue weighted by Gasteiger charge is 2.05. The number of aliphatic carboxylic acids is 1. The van der Waals surface area contributed by atoms with Gasteiger partial charge in [-0.3, -0.25) is 4.79 Å². The van der Waals surface area contributed by atoms with E-state index in [4.69, 9.17) is 9.84 Å². The maximum Gasteiger partial charge on any atom is 0.307 e. The molecular formula is C13H15N3O3. The van der Waals surface area contributed by atoms with E-state index in [-0.39, 0.29) is 6.42 Å². The Morgan fingerprint density at radius 2 is 2.32 bits per heavy atom. The van der Waals surface area contributed by atoms with Crippen molar-refractivity contribution in [3.8, 4) is 5.75 Å². The molecule has 0 atom stereocenters. The minimum absolute atomic E-state index is 0.0116. The lowest BCUT2D eigenvalue weighted by atomic mass is 10.1. The van der Waals surface area contributed by atoms with Crippen LogP contribution in [0.2, 0.25) is 0 Å². The quantitative estimate of drug-likeness (QED) is 0.852. The summed E-state index contributed by atoms with van der Waals surface area (Å²) in [6.07, 6.45) is 1.48. The molecule has 1 heterocycles. The highest BCUT2D eigenvalue weighted by atomic mass is 16.5. The summed E-state index contributed by atoms with van der Waals surface area (Å²) in [4.78, 5) is 14.8. The summed E-state index contributed by atoms with van der Waals surface area (Å²) < 4.78 is 7.35. The van der Waals surface area contributed by atoms with Crippen molar-refractivity contribution >= 4 is 5.97 Å². The summed E-state index contributed by atoms with van der Waals surface area (Å²) in [6.45, 7) is 3.02. The number of rotatable bonds is 6. The van der Waals surface area contributed by atoms with E-state index < -0.39 is 5.97 Å². The fourth-order valence-corrected chi connectivity index (χ4v) is 1.73. The van der Waals surface area contributed by atoms with Gasteiger partial charge in [0.2, 0.25) is 0 Å². The smallest absolute Gasteiger partial charge is 0.307 e. The normalized spacial score (nSPS) is 10.4. The van der Waals surface area contributed by atoms with E-state index in [1.54, 1.807) is 28.9 Å². The van der Waals surface area contributed by atoms with Gasteiger partial charge in [0.25, 0.3) is 0 Å². The second-order valence-corrected chi connectivity index (χ2v) is 4.00. The van der Waals surface area contributed by atoms with Crippen LogP contribution >= 0.6 is 0 Å². The topological polar surface area (TPSA) is 77.2 Å². The van der Waals surface area contributed by atoms with Crippen molar-refractivity contribution in [2.75, 3.05) is 0 Å². The Bertz CT molecular complexity index is 566. The molecule has 0 radical (unpaired) electrons. The Labute approximate surface area is 110 Å². The molecule has 6 heteroatoms. The molecule has 0 amide bonds. The first-order valence-corrected chi connectivity index (χ1v) is 5.99. The van der Waals surface area contributed by atoms with Gasteiger partial charge in [-0.15, -0.1) is 0 Å². The first-order valence-electron chi connectivity index (χ1n) is 5.99. The average Bonchev–Trinajstić information content (AvgIpc) is 2.83. The third-order valence-electron chi connectivity index (χ3n) is 2.62. The number of carboxylic acids is 1. The highest BCUT2D eigenvalue weighted by molar-refractivity contribution is 5.70. The van der Waals surface area contributed by atoms with Crippen LogP contribution in [0.15, 0.2) is 30.6 Å². The first kappa shape index (κ1) is 13.1. The molecule has 0 aliphatic carbocycles.